The van der Waals surface area contributed by atoms with E-state index >= 15 is 0 Å². The van der Waals surface area contributed by atoms with Crippen molar-refractivity contribution in [3.05, 3.63) is 54.0 Å². The number of pyridine rings is 1. The Hall–Kier alpha value is -2.81. The lowest BCUT2D eigenvalue weighted by atomic mass is 10.2. The summed E-state index contributed by atoms with van der Waals surface area (Å²) in [4.78, 5) is 4.42. The van der Waals surface area contributed by atoms with Crippen molar-refractivity contribution in [1.29, 1.82) is 0 Å². The van der Waals surface area contributed by atoms with Crippen molar-refractivity contribution < 1.29 is 17.9 Å². The lowest BCUT2D eigenvalue weighted by molar-refractivity contribution is -0.145. The van der Waals surface area contributed by atoms with Crippen LogP contribution < -0.4 is 9.64 Å². The first-order chi connectivity index (χ1) is 13.4. The number of nitrogens with zero attached hydrogens (tertiary/aromatic N) is 5. The van der Waals surface area contributed by atoms with Crippen molar-refractivity contribution in [2.45, 2.75) is 12.7 Å². The molecule has 4 rings (SSSR count). The number of halogens is 3. The number of aromatic nitrogens is 3. The SMILES string of the molecule is COc1ccc(CN2CCN(c3ccc4nnc(C(F)(F)F)n4c3)CC2)cc1. The molecule has 6 nitrogen and oxygen atoms in total. The molecule has 0 amide bonds. The maximum atomic E-state index is 13.1. The quantitative estimate of drug-likeness (QED) is 0.684. The second-order valence-corrected chi connectivity index (χ2v) is 6.75. The molecule has 1 aliphatic heterocycles. The zero-order valence-electron chi connectivity index (χ0n) is 15.4. The van der Waals surface area contributed by atoms with E-state index in [0.717, 1.165) is 48.6 Å². The maximum absolute atomic E-state index is 13.1. The predicted molar refractivity (Wildman–Crippen MR) is 98.5 cm³/mol. The minimum absolute atomic E-state index is 0.189. The number of ether oxygens (including phenoxy) is 1. The van der Waals surface area contributed by atoms with E-state index < -0.39 is 12.0 Å². The molecule has 3 heterocycles. The van der Waals surface area contributed by atoms with E-state index in [0.29, 0.717) is 0 Å². The second kappa shape index (κ2) is 7.31. The highest BCUT2D eigenvalue weighted by Gasteiger charge is 2.37. The van der Waals surface area contributed by atoms with Crippen LogP contribution >= 0.6 is 0 Å². The van der Waals surface area contributed by atoms with Gasteiger partial charge in [-0.1, -0.05) is 12.1 Å². The van der Waals surface area contributed by atoms with Gasteiger partial charge in [0.25, 0.3) is 0 Å². The van der Waals surface area contributed by atoms with Gasteiger partial charge in [0.15, 0.2) is 5.65 Å². The Balaban J connectivity index is 1.43. The number of methoxy groups -OCH3 is 1. The van der Waals surface area contributed by atoms with Crippen LogP contribution in [0.5, 0.6) is 5.75 Å². The average Bonchev–Trinajstić information content (AvgIpc) is 3.13. The Morgan fingerprint density at radius 2 is 1.68 bits per heavy atom. The van der Waals surface area contributed by atoms with E-state index in [1.54, 1.807) is 19.2 Å². The third kappa shape index (κ3) is 3.75. The molecule has 1 fully saturated rings. The first-order valence-electron chi connectivity index (χ1n) is 8.96. The van der Waals surface area contributed by atoms with Crippen LogP contribution in [-0.4, -0.2) is 52.8 Å². The Bertz CT molecular complexity index is 946. The highest BCUT2D eigenvalue weighted by atomic mass is 19.4. The summed E-state index contributed by atoms with van der Waals surface area (Å²) in [5.74, 6) is -0.168. The third-order valence-electron chi connectivity index (χ3n) is 4.94. The van der Waals surface area contributed by atoms with Gasteiger partial charge in [0.05, 0.1) is 12.8 Å². The van der Waals surface area contributed by atoms with E-state index in [9.17, 15) is 13.2 Å². The lowest BCUT2D eigenvalue weighted by Crippen LogP contribution is -2.46. The van der Waals surface area contributed by atoms with Gasteiger partial charge in [-0.25, -0.2) is 0 Å². The standard InChI is InChI=1S/C19H20F3N5O/c1-28-16-5-2-14(3-6-16)12-25-8-10-26(11-9-25)15-4-7-17-23-24-18(19(20,21)22)27(17)13-15/h2-7,13H,8-12H2,1H3. The van der Waals surface area contributed by atoms with Crippen molar-refractivity contribution in [2.75, 3.05) is 38.2 Å². The molecule has 3 aromatic rings. The molecule has 0 aliphatic carbocycles. The van der Waals surface area contributed by atoms with E-state index in [2.05, 4.69) is 20.0 Å². The van der Waals surface area contributed by atoms with Gasteiger partial charge in [0.1, 0.15) is 5.75 Å². The fraction of sp³-hybridized carbons (Fsp3) is 0.368. The molecule has 0 unspecified atom stereocenters. The molecule has 2 aromatic heterocycles. The molecule has 0 spiro atoms. The van der Waals surface area contributed by atoms with Crippen LogP contribution in [0.3, 0.4) is 0 Å². The number of hydrogen-bond acceptors (Lipinski definition) is 5. The van der Waals surface area contributed by atoms with Gasteiger partial charge in [0, 0.05) is 38.9 Å². The minimum atomic E-state index is -4.53. The van der Waals surface area contributed by atoms with Crippen LogP contribution in [0.2, 0.25) is 0 Å². The van der Waals surface area contributed by atoms with Crippen molar-refractivity contribution >= 4 is 11.3 Å². The lowest BCUT2D eigenvalue weighted by Gasteiger charge is -2.36. The summed E-state index contributed by atoms with van der Waals surface area (Å²) in [5, 5.41) is 6.88. The summed E-state index contributed by atoms with van der Waals surface area (Å²) < 4.78 is 45.4. The van der Waals surface area contributed by atoms with Crippen molar-refractivity contribution in [3.8, 4) is 5.75 Å². The highest BCUT2D eigenvalue weighted by Crippen LogP contribution is 2.29. The molecule has 0 saturated carbocycles. The third-order valence-corrected chi connectivity index (χ3v) is 4.94. The largest absolute Gasteiger partial charge is 0.497 e. The van der Waals surface area contributed by atoms with Gasteiger partial charge in [0.2, 0.25) is 5.82 Å². The average molecular weight is 391 g/mol. The van der Waals surface area contributed by atoms with Gasteiger partial charge < -0.3 is 9.64 Å². The monoisotopic (exact) mass is 391 g/mol. The van der Waals surface area contributed by atoms with Crippen LogP contribution in [0.25, 0.3) is 5.65 Å². The maximum Gasteiger partial charge on any atom is 0.452 e. The topological polar surface area (TPSA) is 45.9 Å². The zero-order valence-corrected chi connectivity index (χ0v) is 15.4. The van der Waals surface area contributed by atoms with Crippen LogP contribution in [0, 0.1) is 0 Å². The van der Waals surface area contributed by atoms with Gasteiger partial charge in [-0.15, -0.1) is 10.2 Å². The van der Waals surface area contributed by atoms with Crippen LogP contribution in [0.15, 0.2) is 42.6 Å². The number of benzene rings is 1. The van der Waals surface area contributed by atoms with Crippen LogP contribution in [-0.2, 0) is 12.7 Å². The molecule has 0 N–H and O–H groups in total. The molecule has 0 radical (unpaired) electrons. The summed E-state index contributed by atoms with van der Waals surface area (Å²) in [6.45, 7) is 3.98. The van der Waals surface area contributed by atoms with Crippen molar-refractivity contribution in [1.82, 2.24) is 19.5 Å². The molecule has 148 valence electrons. The normalized spacial score (nSPS) is 15.9. The number of hydrogen-bond donors (Lipinski definition) is 0. The molecule has 28 heavy (non-hydrogen) atoms. The summed E-state index contributed by atoms with van der Waals surface area (Å²) in [5.41, 5.74) is 2.13. The number of anilines is 1. The zero-order chi connectivity index (χ0) is 19.7. The van der Waals surface area contributed by atoms with Crippen LogP contribution in [0.1, 0.15) is 11.4 Å². The number of alkyl halides is 3. The summed E-state index contributed by atoms with van der Waals surface area (Å²) in [6, 6.07) is 11.3. The fourth-order valence-corrected chi connectivity index (χ4v) is 3.41. The van der Waals surface area contributed by atoms with Crippen LogP contribution in [0.4, 0.5) is 18.9 Å². The molecule has 0 bridgehead atoms. The number of piperazine rings is 1. The number of rotatable bonds is 4. The smallest absolute Gasteiger partial charge is 0.452 e. The van der Waals surface area contributed by atoms with Crippen molar-refractivity contribution in [3.63, 3.8) is 0 Å². The fourth-order valence-electron chi connectivity index (χ4n) is 3.41. The Morgan fingerprint density at radius 3 is 2.32 bits per heavy atom. The van der Waals surface area contributed by atoms with Gasteiger partial charge in [-0.05, 0) is 29.8 Å². The Kier molecular flexibility index (Phi) is 4.84. The number of fused-ring (bicyclic) bond motifs is 1. The molecule has 1 aliphatic rings. The van der Waals surface area contributed by atoms with E-state index in [4.69, 9.17) is 4.74 Å². The second-order valence-electron chi connectivity index (χ2n) is 6.75. The molecular formula is C19H20F3N5O. The van der Waals surface area contributed by atoms with Gasteiger partial charge in [-0.3, -0.25) is 9.30 Å². The van der Waals surface area contributed by atoms with Crippen molar-refractivity contribution in [2.24, 2.45) is 0 Å². The molecule has 0 atom stereocenters. The Morgan fingerprint density at radius 1 is 0.964 bits per heavy atom. The first-order valence-corrected chi connectivity index (χ1v) is 8.96. The van der Waals surface area contributed by atoms with E-state index in [-0.39, 0.29) is 5.65 Å². The molecular weight excluding hydrogens is 371 g/mol. The van der Waals surface area contributed by atoms with Gasteiger partial charge >= 0.3 is 6.18 Å². The minimum Gasteiger partial charge on any atom is -0.497 e. The highest BCUT2D eigenvalue weighted by molar-refractivity contribution is 5.52. The first kappa shape index (κ1) is 18.5. The van der Waals surface area contributed by atoms with E-state index in [1.807, 2.05) is 24.3 Å². The molecule has 9 heteroatoms. The summed E-state index contributed by atoms with van der Waals surface area (Å²) in [7, 11) is 1.64. The Labute approximate surface area is 160 Å². The summed E-state index contributed by atoms with van der Waals surface area (Å²) in [6.07, 6.45) is -3.06. The van der Waals surface area contributed by atoms with Gasteiger partial charge in [-0.2, -0.15) is 13.2 Å². The van der Waals surface area contributed by atoms with E-state index in [1.165, 1.54) is 11.8 Å². The molecule has 1 aromatic carbocycles. The predicted octanol–water partition coefficient (Wildman–Crippen LogP) is 3.08. The summed E-state index contributed by atoms with van der Waals surface area (Å²) >= 11 is 0. The molecule has 1 saturated heterocycles.